The van der Waals surface area contributed by atoms with Crippen LogP contribution in [-0.4, -0.2) is 37.7 Å². The molecule has 0 atom stereocenters. The molecule has 33 heavy (non-hydrogen) atoms. The van der Waals surface area contributed by atoms with Crippen molar-refractivity contribution >= 4 is 28.9 Å². The first-order chi connectivity index (χ1) is 16.0. The van der Waals surface area contributed by atoms with Gasteiger partial charge in [-0.3, -0.25) is 4.90 Å². The quantitative estimate of drug-likeness (QED) is 0.315. The van der Waals surface area contributed by atoms with Gasteiger partial charge in [0.15, 0.2) is 0 Å². The molecule has 2 aromatic carbocycles. The molecule has 0 aromatic heterocycles. The predicted molar refractivity (Wildman–Crippen MR) is 143 cm³/mol. The van der Waals surface area contributed by atoms with Gasteiger partial charge < -0.3 is 9.64 Å². The van der Waals surface area contributed by atoms with Crippen LogP contribution in [-0.2, 0) is 5.54 Å². The van der Waals surface area contributed by atoms with E-state index in [1.165, 1.54) is 5.56 Å². The van der Waals surface area contributed by atoms with E-state index in [0.717, 1.165) is 68.2 Å². The van der Waals surface area contributed by atoms with Crippen molar-refractivity contribution in [1.29, 1.82) is 0 Å². The fraction of sp³-hybridized carbons (Fsp3) is 0.500. The van der Waals surface area contributed by atoms with Crippen molar-refractivity contribution in [3.8, 4) is 5.75 Å². The van der Waals surface area contributed by atoms with Gasteiger partial charge in [0.2, 0.25) is 0 Å². The van der Waals surface area contributed by atoms with Crippen LogP contribution in [0.5, 0.6) is 5.75 Å². The van der Waals surface area contributed by atoms with Crippen molar-refractivity contribution in [3.63, 3.8) is 0 Å². The summed E-state index contributed by atoms with van der Waals surface area (Å²) in [6, 6.07) is 15.0. The monoisotopic (exact) mass is 488 g/mol. The fourth-order valence-electron chi connectivity index (χ4n) is 5.44. The van der Waals surface area contributed by atoms with E-state index in [4.69, 9.17) is 27.9 Å². The highest BCUT2D eigenvalue weighted by Gasteiger charge is 2.42. The molecule has 1 aliphatic carbocycles. The smallest absolute Gasteiger partial charge is 0.143 e. The Balaban J connectivity index is 1.91. The summed E-state index contributed by atoms with van der Waals surface area (Å²) >= 11 is 12.5. The molecule has 2 aromatic rings. The van der Waals surface area contributed by atoms with Crippen molar-refractivity contribution in [3.05, 3.63) is 70.2 Å². The molecule has 0 radical (unpaired) electrons. The summed E-state index contributed by atoms with van der Waals surface area (Å²) in [7, 11) is 1.72. The largest absolute Gasteiger partial charge is 0.495 e. The van der Waals surface area contributed by atoms with Crippen molar-refractivity contribution in [1.82, 2.24) is 4.90 Å². The van der Waals surface area contributed by atoms with Crippen LogP contribution in [0.3, 0.4) is 0 Å². The van der Waals surface area contributed by atoms with Gasteiger partial charge in [-0.1, -0.05) is 54.4 Å². The van der Waals surface area contributed by atoms with Crippen molar-refractivity contribution < 1.29 is 4.74 Å². The second-order valence-corrected chi connectivity index (χ2v) is 9.76. The molecule has 3 rings (SSSR count). The van der Waals surface area contributed by atoms with Gasteiger partial charge in [0.25, 0.3) is 0 Å². The standard InChI is InChI=1S/C28H38Cl2N2O/c1-5-8-20-31(19-6-2)28(22-9-11-23(29)12-10-22)17-15-25(16-18-28)32(7-3)26-14-13-24(30)21-27(26)33-4/h5,8-14,21,25H,6-7,15-20H2,1-4H3. The highest BCUT2D eigenvalue weighted by molar-refractivity contribution is 6.31. The molecule has 0 amide bonds. The molecule has 1 saturated carbocycles. The summed E-state index contributed by atoms with van der Waals surface area (Å²) in [4.78, 5) is 5.18. The van der Waals surface area contributed by atoms with E-state index in [9.17, 15) is 0 Å². The van der Waals surface area contributed by atoms with E-state index >= 15 is 0 Å². The zero-order valence-electron chi connectivity index (χ0n) is 20.5. The van der Waals surface area contributed by atoms with Crippen LogP contribution in [0.4, 0.5) is 5.69 Å². The van der Waals surface area contributed by atoms with Gasteiger partial charge in [-0.25, -0.2) is 0 Å². The Kier molecular flexibility index (Phi) is 9.55. The highest BCUT2D eigenvalue weighted by Crippen LogP contribution is 2.45. The Morgan fingerprint density at radius 1 is 1.03 bits per heavy atom. The summed E-state index contributed by atoms with van der Waals surface area (Å²) in [5, 5.41) is 1.50. The normalized spacial score (nSPS) is 21.0. The van der Waals surface area contributed by atoms with Gasteiger partial charge in [-0.15, -0.1) is 0 Å². The Morgan fingerprint density at radius 2 is 1.70 bits per heavy atom. The fourth-order valence-corrected chi connectivity index (χ4v) is 5.72. The van der Waals surface area contributed by atoms with Crippen LogP contribution in [0.2, 0.25) is 10.0 Å². The Bertz CT molecular complexity index is 905. The number of hydrogen-bond donors (Lipinski definition) is 0. The number of hydrogen-bond acceptors (Lipinski definition) is 3. The molecule has 0 saturated heterocycles. The Hall–Kier alpha value is -1.68. The molecule has 0 heterocycles. The molecule has 1 fully saturated rings. The number of halogens is 2. The van der Waals surface area contributed by atoms with Gasteiger partial charge >= 0.3 is 0 Å². The average molecular weight is 490 g/mol. The molecular formula is C28H38Cl2N2O. The van der Waals surface area contributed by atoms with Crippen LogP contribution in [0.15, 0.2) is 54.6 Å². The van der Waals surface area contributed by atoms with Crippen LogP contribution >= 0.6 is 23.2 Å². The number of methoxy groups -OCH3 is 1. The SMILES string of the molecule is CC=CCN(CCC)C1(c2ccc(Cl)cc2)CCC(N(CC)c2ccc(Cl)cc2OC)CC1. The first-order valence-corrected chi connectivity index (χ1v) is 13.0. The lowest BCUT2D eigenvalue weighted by Crippen LogP contribution is -2.52. The van der Waals surface area contributed by atoms with E-state index in [2.05, 4.69) is 60.9 Å². The van der Waals surface area contributed by atoms with Gasteiger partial charge in [-0.05, 0) is 82.3 Å². The zero-order valence-corrected chi connectivity index (χ0v) is 22.0. The molecule has 0 aliphatic heterocycles. The van der Waals surface area contributed by atoms with E-state index in [0.29, 0.717) is 11.1 Å². The molecule has 180 valence electrons. The van der Waals surface area contributed by atoms with Gasteiger partial charge in [-0.2, -0.15) is 0 Å². The third-order valence-corrected chi connectivity index (χ3v) is 7.54. The first kappa shape index (κ1) is 25.9. The Labute approximate surface area is 210 Å². The summed E-state index contributed by atoms with van der Waals surface area (Å²) in [6.45, 7) is 9.60. The first-order valence-electron chi connectivity index (χ1n) is 12.2. The minimum atomic E-state index is 0.0279. The number of rotatable bonds is 10. The topological polar surface area (TPSA) is 15.7 Å². The average Bonchev–Trinajstić information content (AvgIpc) is 2.84. The van der Waals surface area contributed by atoms with Crippen LogP contribution in [0.1, 0.15) is 58.4 Å². The second kappa shape index (κ2) is 12.1. The van der Waals surface area contributed by atoms with Crippen LogP contribution < -0.4 is 9.64 Å². The third-order valence-electron chi connectivity index (χ3n) is 7.06. The number of ether oxygens (including phenoxy) is 1. The minimum absolute atomic E-state index is 0.0279. The summed E-state index contributed by atoms with van der Waals surface area (Å²) in [5.74, 6) is 0.847. The molecule has 0 N–H and O–H groups in total. The van der Waals surface area contributed by atoms with Gasteiger partial charge in [0.1, 0.15) is 5.75 Å². The maximum atomic E-state index is 6.26. The number of allylic oxidation sites excluding steroid dienone is 1. The summed E-state index contributed by atoms with van der Waals surface area (Å²) < 4.78 is 5.68. The van der Waals surface area contributed by atoms with E-state index in [1.807, 2.05) is 24.3 Å². The molecule has 3 nitrogen and oxygen atoms in total. The third kappa shape index (κ3) is 5.88. The molecule has 5 heteroatoms. The van der Waals surface area contributed by atoms with Crippen LogP contribution in [0, 0.1) is 0 Å². The number of anilines is 1. The minimum Gasteiger partial charge on any atom is -0.495 e. The van der Waals surface area contributed by atoms with Gasteiger partial charge in [0, 0.05) is 40.8 Å². The highest BCUT2D eigenvalue weighted by atomic mass is 35.5. The number of nitrogens with zero attached hydrogens (tertiary/aromatic N) is 2. The van der Waals surface area contributed by atoms with Crippen molar-refractivity contribution in [2.75, 3.05) is 31.6 Å². The molecule has 0 spiro atoms. The van der Waals surface area contributed by atoms with Crippen LogP contribution in [0.25, 0.3) is 0 Å². The lowest BCUT2D eigenvalue weighted by atomic mass is 9.73. The molecular weight excluding hydrogens is 451 g/mol. The maximum absolute atomic E-state index is 6.26. The zero-order chi connectivity index (χ0) is 23.8. The van der Waals surface area contributed by atoms with E-state index < -0.39 is 0 Å². The van der Waals surface area contributed by atoms with E-state index in [-0.39, 0.29) is 5.54 Å². The molecule has 0 bridgehead atoms. The molecule has 0 unspecified atom stereocenters. The lowest BCUT2D eigenvalue weighted by Gasteiger charge is -2.50. The lowest BCUT2D eigenvalue weighted by molar-refractivity contribution is 0.0515. The Morgan fingerprint density at radius 3 is 2.27 bits per heavy atom. The molecule has 1 aliphatic rings. The number of benzene rings is 2. The van der Waals surface area contributed by atoms with Gasteiger partial charge in [0.05, 0.1) is 12.8 Å². The van der Waals surface area contributed by atoms with E-state index in [1.54, 1.807) is 7.11 Å². The predicted octanol–water partition coefficient (Wildman–Crippen LogP) is 7.95. The summed E-state index contributed by atoms with van der Waals surface area (Å²) in [6.07, 6.45) is 10.1. The van der Waals surface area contributed by atoms with Crippen molar-refractivity contribution in [2.45, 2.75) is 64.5 Å². The maximum Gasteiger partial charge on any atom is 0.143 e. The van der Waals surface area contributed by atoms with Crippen molar-refractivity contribution in [2.24, 2.45) is 0 Å². The second-order valence-electron chi connectivity index (χ2n) is 8.89. The summed E-state index contributed by atoms with van der Waals surface area (Å²) in [5.41, 5.74) is 2.54.